The lowest BCUT2D eigenvalue weighted by Crippen LogP contribution is -2.54. The quantitative estimate of drug-likeness (QED) is 0.665. The van der Waals surface area contributed by atoms with Gasteiger partial charge in [0, 0.05) is 5.41 Å². The molecular formula is C20H32O. The second-order valence-electron chi connectivity index (χ2n) is 9.17. The van der Waals surface area contributed by atoms with Crippen LogP contribution in [-0.2, 0) is 0 Å². The van der Waals surface area contributed by atoms with Crippen LogP contribution >= 0.6 is 0 Å². The number of fused-ring (bicyclic) bond motifs is 3. The van der Waals surface area contributed by atoms with Crippen molar-refractivity contribution < 1.29 is 5.11 Å². The maximum Gasteiger partial charge on any atom is 0.0551 e. The molecule has 0 aromatic heterocycles. The summed E-state index contributed by atoms with van der Waals surface area (Å²) in [4.78, 5) is 0. The van der Waals surface area contributed by atoms with Crippen LogP contribution in [0.4, 0.5) is 0 Å². The van der Waals surface area contributed by atoms with E-state index in [0.717, 1.165) is 18.8 Å². The molecule has 2 fully saturated rings. The maximum atomic E-state index is 10.5. The number of rotatable bonds is 1. The molecule has 1 nitrogen and oxygen atoms in total. The third-order valence-electron chi connectivity index (χ3n) is 7.09. The fraction of sp³-hybridized carbons (Fsp3) is 0.800. The van der Waals surface area contributed by atoms with Gasteiger partial charge in [-0.05, 0) is 61.2 Å². The van der Waals surface area contributed by atoms with Crippen molar-refractivity contribution in [3.05, 3.63) is 24.3 Å². The molecule has 0 aromatic carbocycles. The van der Waals surface area contributed by atoms with Gasteiger partial charge < -0.3 is 5.11 Å². The molecule has 1 heteroatoms. The standard InChI is InChI=1S/C20H32O/c1-6-19(4)10-9-16-14(11-19)7-8-17-18(2,3)12-15(21)13-20(16,17)5/h6,11,15-17,21H,1,7-10,12-13H2,2-5H3/t15-,16-,17-,19+,20+/m0/s1. The predicted molar refractivity (Wildman–Crippen MR) is 89.0 cm³/mol. The molecule has 0 aromatic rings. The second-order valence-corrected chi connectivity index (χ2v) is 9.17. The maximum absolute atomic E-state index is 10.5. The van der Waals surface area contributed by atoms with E-state index >= 15 is 0 Å². The van der Waals surface area contributed by atoms with Crippen LogP contribution < -0.4 is 0 Å². The van der Waals surface area contributed by atoms with Crippen molar-refractivity contribution in [2.75, 3.05) is 0 Å². The van der Waals surface area contributed by atoms with Crippen molar-refractivity contribution in [2.45, 2.75) is 72.3 Å². The minimum atomic E-state index is -0.117. The van der Waals surface area contributed by atoms with E-state index in [1.165, 1.54) is 25.7 Å². The molecule has 5 atom stereocenters. The summed E-state index contributed by atoms with van der Waals surface area (Å²) < 4.78 is 0. The van der Waals surface area contributed by atoms with Gasteiger partial charge in [0.1, 0.15) is 0 Å². The van der Waals surface area contributed by atoms with Gasteiger partial charge in [0.2, 0.25) is 0 Å². The highest BCUT2D eigenvalue weighted by Crippen LogP contribution is 2.63. The van der Waals surface area contributed by atoms with Crippen LogP contribution in [-0.4, -0.2) is 11.2 Å². The number of hydrogen-bond donors (Lipinski definition) is 1. The molecular weight excluding hydrogens is 256 g/mol. The molecule has 0 aliphatic heterocycles. The van der Waals surface area contributed by atoms with Crippen LogP contribution in [0.25, 0.3) is 0 Å². The van der Waals surface area contributed by atoms with Crippen LogP contribution in [0, 0.1) is 28.1 Å². The number of aliphatic hydroxyl groups excluding tert-OH is 1. The van der Waals surface area contributed by atoms with Crippen LogP contribution in [0.15, 0.2) is 24.3 Å². The highest BCUT2D eigenvalue weighted by Gasteiger charge is 2.56. The Bertz CT molecular complexity index is 474. The van der Waals surface area contributed by atoms with Crippen molar-refractivity contribution >= 4 is 0 Å². The van der Waals surface area contributed by atoms with Gasteiger partial charge in [-0.1, -0.05) is 45.4 Å². The SMILES string of the molecule is C=C[C@@]1(C)C=C2CC[C@H]3C(C)(C)C[C@H](O)C[C@]3(C)[C@H]2CC1. The Kier molecular flexibility index (Phi) is 3.44. The van der Waals surface area contributed by atoms with Gasteiger partial charge in [0.05, 0.1) is 6.10 Å². The summed E-state index contributed by atoms with van der Waals surface area (Å²) in [5.74, 6) is 1.43. The lowest BCUT2D eigenvalue weighted by molar-refractivity contribution is -0.108. The van der Waals surface area contributed by atoms with Crippen molar-refractivity contribution in [3.8, 4) is 0 Å². The monoisotopic (exact) mass is 288 g/mol. The lowest BCUT2D eigenvalue weighted by Gasteiger charge is -2.60. The van der Waals surface area contributed by atoms with E-state index in [1.54, 1.807) is 5.57 Å². The summed E-state index contributed by atoms with van der Waals surface area (Å²) in [5.41, 5.74) is 2.41. The first-order valence-electron chi connectivity index (χ1n) is 8.73. The summed E-state index contributed by atoms with van der Waals surface area (Å²) in [6, 6.07) is 0. The summed E-state index contributed by atoms with van der Waals surface area (Å²) in [6.45, 7) is 13.6. The highest BCUT2D eigenvalue weighted by molar-refractivity contribution is 5.26. The number of allylic oxidation sites excluding steroid dienone is 3. The molecule has 0 radical (unpaired) electrons. The van der Waals surface area contributed by atoms with Crippen molar-refractivity contribution in [1.29, 1.82) is 0 Å². The molecule has 2 saturated carbocycles. The zero-order valence-electron chi connectivity index (χ0n) is 14.3. The summed E-state index contributed by atoms with van der Waals surface area (Å²) in [7, 11) is 0. The molecule has 0 unspecified atom stereocenters. The molecule has 0 saturated heterocycles. The average molecular weight is 288 g/mol. The molecule has 3 aliphatic carbocycles. The highest BCUT2D eigenvalue weighted by atomic mass is 16.3. The summed E-state index contributed by atoms with van der Waals surface area (Å²) >= 11 is 0. The van der Waals surface area contributed by atoms with Crippen LogP contribution in [0.2, 0.25) is 0 Å². The topological polar surface area (TPSA) is 20.2 Å². The lowest BCUT2D eigenvalue weighted by atomic mass is 9.45. The fourth-order valence-corrected chi connectivity index (χ4v) is 6.18. The Balaban J connectivity index is 1.99. The zero-order chi connectivity index (χ0) is 15.5. The van der Waals surface area contributed by atoms with Gasteiger partial charge in [-0.2, -0.15) is 0 Å². The van der Waals surface area contributed by atoms with Gasteiger partial charge in [0.25, 0.3) is 0 Å². The molecule has 0 spiro atoms. The Hall–Kier alpha value is -0.560. The van der Waals surface area contributed by atoms with E-state index in [-0.39, 0.29) is 22.3 Å². The van der Waals surface area contributed by atoms with Gasteiger partial charge in [0.15, 0.2) is 0 Å². The average Bonchev–Trinajstić information content (AvgIpc) is 2.36. The van der Waals surface area contributed by atoms with Crippen LogP contribution in [0.5, 0.6) is 0 Å². The van der Waals surface area contributed by atoms with Gasteiger partial charge in [-0.25, -0.2) is 0 Å². The first kappa shape index (κ1) is 15.3. The van der Waals surface area contributed by atoms with Crippen molar-refractivity contribution in [1.82, 2.24) is 0 Å². The van der Waals surface area contributed by atoms with Gasteiger partial charge in [-0.3, -0.25) is 0 Å². The third kappa shape index (κ3) is 2.32. The molecule has 21 heavy (non-hydrogen) atoms. The minimum absolute atomic E-state index is 0.117. The number of aliphatic hydroxyl groups is 1. The van der Waals surface area contributed by atoms with Crippen molar-refractivity contribution in [2.24, 2.45) is 28.1 Å². The van der Waals surface area contributed by atoms with E-state index in [0.29, 0.717) is 5.92 Å². The first-order chi connectivity index (χ1) is 9.70. The molecule has 118 valence electrons. The van der Waals surface area contributed by atoms with Gasteiger partial charge in [-0.15, -0.1) is 6.58 Å². The molecule has 0 bridgehead atoms. The number of hydrogen-bond acceptors (Lipinski definition) is 1. The van der Waals surface area contributed by atoms with E-state index < -0.39 is 0 Å². The molecule has 1 N–H and O–H groups in total. The first-order valence-corrected chi connectivity index (χ1v) is 8.73. The van der Waals surface area contributed by atoms with Crippen molar-refractivity contribution in [3.63, 3.8) is 0 Å². The Morgan fingerprint density at radius 1 is 1.19 bits per heavy atom. The van der Waals surface area contributed by atoms with E-state index in [9.17, 15) is 5.11 Å². The second kappa shape index (κ2) is 4.72. The molecule has 3 rings (SSSR count). The normalized spacial score (nSPS) is 48.8. The predicted octanol–water partition coefficient (Wildman–Crippen LogP) is 5.11. The van der Waals surface area contributed by atoms with E-state index in [2.05, 4.69) is 46.4 Å². The van der Waals surface area contributed by atoms with Crippen LogP contribution in [0.3, 0.4) is 0 Å². The Morgan fingerprint density at radius 2 is 1.90 bits per heavy atom. The van der Waals surface area contributed by atoms with E-state index in [4.69, 9.17) is 0 Å². The van der Waals surface area contributed by atoms with E-state index in [1.807, 2.05) is 0 Å². The largest absolute Gasteiger partial charge is 0.393 e. The molecule has 0 heterocycles. The minimum Gasteiger partial charge on any atom is -0.393 e. The Labute approximate surface area is 130 Å². The smallest absolute Gasteiger partial charge is 0.0551 e. The summed E-state index contributed by atoms with van der Waals surface area (Å²) in [5, 5.41) is 10.5. The van der Waals surface area contributed by atoms with Crippen LogP contribution in [0.1, 0.15) is 66.2 Å². The summed E-state index contributed by atoms with van der Waals surface area (Å²) in [6.07, 6.45) is 11.5. The molecule has 3 aliphatic rings. The Morgan fingerprint density at radius 3 is 2.57 bits per heavy atom. The zero-order valence-corrected chi connectivity index (χ0v) is 14.3. The van der Waals surface area contributed by atoms with Gasteiger partial charge >= 0.3 is 0 Å². The fourth-order valence-electron chi connectivity index (χ4n) is 6.18. The third-order valence-corrected chi connectivity index (χ3v) is 7.09. The molecule has 0 amide bonds.